The molecule has 0 aliphatic carbocycles. The van der Waals surface area contributed by atoms with Crippen LogP contribution in [0.2, 0.25) is 0 Å². The second-order valence-corrected chi connectivity index (χ2v) is 6.39. The molecule has 1 aromatic heterocycles. The van der Waals surface area contributed by atoms with E-state index in [1.165, 1.54) is 9.88 Å². The maximum absolute atomic E-state index is 4.58. The van der Waals surface area contributed by atoms with Crippen LogP contribution in [0.15, 0.2) is 11.2 Å². The first-order valence-corrected chi connectivity index (χ1v) is 8.43. The summed E-state index contributed by atoms with van der Waals surface area (Å²) in [5.41, 5.74) is 0. The fraction of sp³-hybridized carbons (Fsp3) is 0.733. The fourth-order valence-corrected chi connectivity index (χ4v) is 2.55. The molecular formula is C15H29IN4S. The average molecular weight is 424 g/mol. The summed E-state index contributed by atoms with van der Waals surface area (Å²) in [6.45, 7) is 11.4. The molecule has 1 rings (SSSR count). The van der Waals surface area contributed by atoms with Gasteiger partial charge in [-0.3, -0.25) is 4.99 Å². The lowest BCUT2D eigenvalue weighted by Gasteiger charge is -2.11. The Morgan fingerprint density at radius 1 is 1.33 bits per heavy atom. The molecule has 0 bridgehead atoms. The molecule has 122 valence electrons. The van der Waals surface area contributed by atoms with E-state index in [9.17, 15) is 0 Å². The second-order valence-electron chi connectivity index (χ2n) is 5.19. The van der Waals surface area contributed by atoms with E-state index in [2.05, 4.69) is 48.3 Å². The van der Waals surface area contributed by atoms with Crippen molar-refractivity contribution in [2.45, 2.75) is 47.0 Å². The molecule has 0 saturated carbocycles. The van der Waals surface area contributed by atoms with Gasteiger partial charge in [0.2, 0.25) is 0 Å². The number of hydrogen-bond donors (Lipinski definition) is 2. The van der Waals surface area contributed by atoms with Crippen LogP contribution in [0.1, 0.15) is 44.0 Å². The predicted octanol–water partition coefficient (Wildman–Crippen LogP) is 3.47. The maximum Gasteiger partial charge on any atom is 0.191 e. The summed E-state index contributed by atoms with van der Waals surface area (Å²) in [7, 11) is 0. The van der Waals surface area contributed by atoms with Gasteiger partial charge in [-0.05, 0) is 25.7 Å². The summed E-state index contributed by atoms with van der Waals surface area (Å²) in [6, 6.07) is 0. The van der Waals surface area contributed by atoms with E-state index < -0.39 is 0 Å². The molecule has 0 spiro atoms. The highest BCUT2D eigenvalue weighted by Gasteiger charge is 2.02. The standard InChI is InChI=1S/C15H28N4S.HI/c1-5-13-11-19-14(20-13)8-10-18-15(16-6-2)17-9-7-12(3)4;/h11-12H,5-10H2,1-4H3,(H2,16,17,18);1H. The van der Waals surface area contributed by atoms with Crippen LogP contribution in [0.4, 0.5) is 0 Å². The Hall–Kier alpha value is -0.370. The lowest BCUT2D eigenvalue weighted by atomic mass is 10.1. The van der Waals surface area contributed by atoms with Gasteiger partial charge in [0.1, 0.15) is 0 Å². The zero-order valence-corrected chi connectivity index (χ0v) is 16.8. The van der Waals surface area contributed by atoms with Crippen LogP contribution in [-0.4, -0.2) is 30.6 Å². The normalized spacial score (nSPS) is 11.4. The van der Waals surface area contributed by atoms with E-state index >= 15 is 0 Å². The van der Waals surface area contributed by atoms with Crippen molar-refractivity contribution in [2.75, 3.05) is 19.6 Å². The van der Waals surface area contributed by atoms with Gasteiger partial charge in [0.25, 0.3) is 0 Å². The molecule has 0 aliphatic heterocycles. The van der Waals surface area contributed by atoms with Crippen molar-refractivity contribution in [3.05, 3.63) is 16.1 Å². The van der Waals surface area contributed by atoms with Crippen molar-refractivity contribution in [2.24, 2.45) is 10.9 Å². The number of aliphatic imine (C=N–C) groups is 1. The summed E-state index contributed by atoms with van der Waals surface area (Å²) >= 11 is 1.81. The smallest absolute Gasteiger partial charge is 0.191 e. The van der Waals surface area contributed by atoms with Gasteiger partial charge in [-0.25, -0.2) is 4.98 Å². The molecular weight excluding hydrogens is 395 g/mol. The highest BCUT2D eigenvalue weighted by molar-refractivity contribution is 14.0. The number of guanidine groups is 1. The van der Waals surface area contributed by atoms with Gasteiger partial charge in [0.15, 0.2) is 5.96 Å². The third-order valence-corrected chi connectivity index (χ3v) is 4.10. The van der Waals surface area contributed by atoms with Gasteiger partial charge in [-0.15, -0.1) is 35.3 Å². The molecule has 6 heteroatoms. The van der Waals surface area contributed by atoms with Crippen LogP contribution in [0.5, 0.6) is 0 Å². The largest absolute Gasteiger partial charge is 0.357 e. The summed E-state index contributed by atoms with van der Waals surface area (Å²) in [6.07, 6.45) is 5.15. The Bertz CT molecular complexity index is 404. The number of thiazole rings is 1. The van der Waals surface area contributed by atoms with E-state index in [1.54, 1.807) is 0 Å². The van der Waals surface area contributed by atoms with Gasteiger partial charge in [0, 0.05) is 37.1 Å². The van der Waals surface area contributed by atoms with Crippen LogP contribution in [0.25, 0.3) is 0 Å². The highest BCUT2D eigenvalue weighted by atomic mass is 127. The molecule has 0 amide bonds. The molecule has 4 nitrogen and oxygen atoms in total. The Morgan fingerprint density at radius 3 is 2.67 bits per heavy atom. The molecule has 2 N–H and O–H groups in total. The topological polar surface area (TPSA) is 49.3 Å². The molecule has 0 aliphatic rings. The lowest BCUT2D eigenvalue weighted by molar-refractivity contribution is 0.594. The third kappa shape index (κ3) is 9.29. The first-order valence-electron chi connectivity index (χ1n) is 7.61. The van der Waals surface area contributed by atoms with Crippen molar-refractivity contribution >= 4 is 41.3 Å². The summed E-state index contributed by atoms with van der Waals surface area (Å²) in [5, 5.41) is 7.86. The first kappa shape index (κ1) is 20.6. The minimum atomic E-state index is 0. The van der Waals surface area contributed by atoms with Crippen LogP contribution in [0, 0.1) is 5.92 Å². The minimum absolute atomic E-state index is 0. The van der Waals surface area contributed by atoms with Gasteiger partial charge in [-0.1, -0.05) is 20.8 Å². The SMILES string of the molecule is CCNC(=NCCC(C)C)NCCc1ncc(CC)s1.I. The van der Waals surface area contributed by atoms with E-state index in [0.717, 1.165) is 44.9 Å². The van der Waals surface area contributed by atoms with Crippen molar-refractivity contribution < 1.29 is 0 Å². The number of halogens is 1. The van der Waals surface area contributed by atoms with Gasteiger partial charge in [-0.2, -0.15) is 0 Å². The Labute approximate surface area is 150 Å². The van der Waals surface area contributed by atoms with E-state index in [-0.39, 0.29) is 24.0 Å². The van der Waals surface area contributed by atoms with Crippen LogP contribution < -0.4 is 10.6 Å². The van der Waals surface area contributed by atoms with Crippen LogP contribution in [0.3, 0.4) is 0 Å². The molecule has 0 unspecified atom stereocenters. The van der Waals surface area contributed by atoms with E-state index in [4.69, 9.17) is 0 Å². The van der Waals surface area contributed by atoms with Gasteiger partial charge < -0.3 is 10.6 Å². The third-order valence-electron chi connectivity index (χ3n) is 2.90. The molecule has 0 saturated heterocycles. The van der Waals surface area contributed by atoms with E-state index in [1.807, 2.05) is 17.5 Å². The number of nitrogens with zero attached hydrogens (tertiary/aromatic N) is 2. The number of nitrogens with one attached hydrogen (secondary N) is 2. The molecule has 0 radical (unpaired) electrons. The number of aromatic nitrogens is 1. The number of hydrogen-bond acceptors (Lipinski definition) is 3. The van der Waals surface area contributed by atoms with Crippen LogP contribution >= 0.6 is 35.3 Å². The molecule has 1 aromatic rings. The van der Waals surface area contributed by atoms with Crippen LogP contribution in [-0.2, 0) is 12.8 Å². The maximum atomic E-state index is 4.58. The number of aryl methyl sites for hydroxylation is 1. The molecule has 1 heterocycles. The minimum Gasteiger partial charge on any atom is -0.357 e. The molecule has 0 fully saturated rings. The fourth-order valence-electron chi connectivity index (χ4n) is 1.69. The highest BCUT2D eigenvalue weighted by Crippen LogP contribution is 2.13. The van der Waals surface area contributed by atoms with Crippen molar-refractivity contribution in [3.8, 4) is 0 Å². The average Bonchev–Trinajstić information content (AvgIpc) is 2.86. The van der Waals surface area contributed by atoms with Gasteiger partial charge in [0.05, 0.1) is 5.01 Å². The summed E-state index contributed by atoms with van der Waals surface area (Å²) in [5.74, 6) is 1.62. The lowest BCUT2D eigenvalue weighted by Crippen LogP contribution is -2.38. The summed E-state index contributed by atoms with van der Waals surface area (Å²) in [4.78, 5) is 10.4. The second kappa shape index (κ2) is 12.2. The summed E-state index contributed by atoms with van der Waals surface area (Å²) < 4.78 is 0. The van der Waals surface area contributed by atoms with Crippen molar-refractivity contribution in [1.29, 1.82) is 0 Å². The zero-order valence-electron chi connectivity index (χ0n) is 13.6. The molecule has 0 atom stereocenters. The predicted molar refractivity (Wildman–Crippen MR) is 104 cm³/mol. The van der Waals surface area contributed by atoms with Gasteiger partial charge >= 0.3 is 0 Å². The number of rotatable bonds is 8. The van der Waals surface area contributed by atoms with Crippen molar-refractivity contribution in [1.82, 2.24) is 15.6 Å². The quantitative estimate of drug-likeness (QED) is 0.382. The van der Waals surface area contributed by atoms with Crippen molar-refractivity contribution in [3.63, 3.8) is 0 Å². The molecule has 0 aromatic carbocycles. The Balaban J connectivity index is 0.00000400. The monoisotopic (exact) mass is 424 g/mol. The van der Waals surface area contributed by atoms with E-state index in [0.29, 0.717) is 5.92 Å². The Morgan fingerprint density at radius 2 is 2.10 bits per heavy atom. The first-order chi connectivity index (χ1) is 9.65. The zero-order chi connectivity index (χ0) is 14.8. The molecule has 21 heavy (non-hydrogen) atoms. The Kier molecular flexibility index (Phi) is 12.0.